The molecular weight excluding hydrogens is 456 g/mol. The van der Waals surface area contributed by atoms with E-state index >= 15 is 0 Å². The van der Waals surface area contributed by atoms with E-state index in [0.29, 0.717) is 38.5 Å². The van der Waals surface area contributed by atoms with Crippen molar-refractivity contribution in [1.29, 1.82) is 0 Å². The maximum Gasteiger partial charge on any atom is 0.310 e. The summed E-state index contributed by atoms with van der Waals surface area (Å²) in [5.41, 5.74) is -3.07. The third kappa shape index (κ3) is 2.85. The number of ketones is 1. The van der Waals surface area contributed by atoms with E-state index in [1.807, 2.05) is 20.8 Å². The SMILES string of the molecule is CC1CCC2(C(=O)O)CCC3(C)C(=CCC4C5(C)CCC(O)C(C)(CO)C5C(=O)CC43C)C2C1(C)O. The second kappa shape index (κ2) is 7.66. The molecule has 5 aliphatic rings. The standard InChI is InChI=1S/C30H46O6/c1-17-9-12-30(24(34)35)14-13-27(4)18(22(30)29(17,6)36)7-8-20-25(2)11-10-21(33)26(3,16-31)23(25)19(32)15-28(20,27)5/h7,17,20-23,31,33,36H,8-16H2,1-6H3,(H,34,35). The molecule has 0 aromatic carbocycles. The van der Waals surface area contributed by atoms with Gasteiger partial charge in [0.2, 0.25) is 0 Å². The third-order valence-corrected chi connectivity index (χ3v) is 13.2. The van der Waals surface area contributed by atoms with Crippen LogP contribution in [0.1, 0.15) is 92.9 Å². The molecule has 4 N–H and O–H groups in total. The maximum absolute atomic E-state index is 14.1. The second-order valence-electron chi connectivity index (χ2n) is 14.6. The molecule has 11 atom stereocenters. The molecular formula is C30H46O6. The summed E-state index contributed by atoms with van der Waals surface area (Å²) >= 11 is 0. The van der Waals surface area contributed by atoms with Crippen molar-refractivity contribution in [2.45, 2.75) is 105 Å². The van der Waals surface area contributed by atoms with Crippen LogP contribution in [0.5, 0.6) is 0 Å². The maximum atomic E-state index is 14.1. The van der Waals surface area contributed by atoms with Crippen LogP contribution in [0.2, 0.25) is 0 Å². The van der Waals surface area contributed by atoms with Gasteiger partial charge in [0.1, 0.15) is 5.78 Å². The van der Waals surface area contributed by atoms with E-state index in [2.05, 4.69) is 26.8 Å². The molecule has 0 spiro atoms. The Morgan fingerprint density at radius 2 is 1.69 bits per heavy atom. The molecule has 0 saturated heterocycles. The monoisotopic (exact) mass is 502 g/mol. The lowest BCUT2D eigenvalue weighted by Crippen LogP contribution is -2.69. The van der Waals surface area contributed by atoms with Crippen LogP contribution in [0.4, 0.5) is 0 Å². The first-order chi connectivity index (χ1) is 16.6. The van der Waals surface area contributed by atoms with Gasteiger partial charge in [0.05, 0.1) is 23.7 Å². The molecule has 4 saturated carbocycles. The van der Waals surface area contributed by atoms with Crippen LogP contribution < -0.4 is 0 Å². The van der Waals surface area contributed by atoms with Crippen molar-refractivity contribution in [1.82, 2.24) is 0 Å². The molecule has 5 rings (SSSR count). The highest BCUT2D eigenvalue weighted by Gasteiger charge is 2.73. The first-order valence-corrected chi connectivity index (χ1v) is 14.0. The van der Waals surface area contributed by atoms with Crippen LogP contribution in [0.3, 0.4) is 0 Å². The second-order valence-corrected chi connectivity index (χ2v) is 14.6. The summed E-state index contributed by atoms with van der Waals surface area (Å²) in [7, 11) is 0. The average Bonchev–Trinajstić information content (AvgIpc) is 2.79. The summed E-state index contributed by atoms with van der Waals surface area (Å²) in [6.07, 6.45) is 6.40. The number of rotatable bonds is 2. The van der Waals surface area contributed by atoms with Gasteiger partial charge in [-0.2, -0.15) is 0 Å². The van der Waals surface area contributed by atoms with Crippen molar-refractivity contribution in [3.8, 4) is 0 Å². The molecule has 0 aromatic rings. The van der Waals surface area contributed by atoms with Gasteiger partial charge in [-0.25, -0.2) is 0 Å². The third-order valence-electron chi connectivity index (χ3n) is 13.2. The van der Waals surface area contributed by atoms with E-state index in [9.17, 15) is 30.0 Å². The largest absolute Gasteiger partial charge is 0.481 e. The van der Waals surface area contributed by atoms with Crippen molar-refractivity contribution in [2.75, 3.05) is 6.61 Å². The van der Waals surface area contributed by atoms with E-state index < -0.39 is 45.8 Å². The molecule has 0 heterocycles. The number of carboxylic acid groups (broad SMARTS) is 1. The fourth-order valence-electron chi connectivity index (χ4n) is 10.7. The fourth-order valence-corrected chi connectivity index (χ4v) is 10.7. The number of aliphatic carboxylic acids is 1. The van der Waals surface area contributed by atoms with Crippen LogP contribution in [0.15, 0.2) is 11.6 Å². The van der Waals surface area contributed by atoms with E-state index in [0.717, 1.165) is 18.4 Å². The number of aliphatic hydroxyl groups is 3. The lowest BCUT2D eigenvalue weighted by molar-refractivity contribution is -0.219. The zero-order valence-electron chi connectivity index (χ0n) is 22.9. The van der Waals surface area contributed by atoms with Gasteiger partial charge in [-0.05, 0) is 80.0 Å². The molecule has 0 amide bonds. The van der Waals surface area contributed by atoms with Crippen LogP contribution in [-0.2, 0) is 9.59 Å². The number of hydrogen-bond acceptors (Lipinski definition) is 5. The van der Waals surface area contributed by atoms with E-state index in [-0.39, 0.29) is 35.1 Å². The number of carboxylic acids is 1. The number of carbonyl (C=O) groups is 2. The average molecular weight is 503 g/mol. The van der Waals surface area contributed by atoms with Gasteiger partial charge in [0, 0.05) is 23.7 Å². The molecule has 6 heteroatoms. The Morgan fingerprint density at radius 1 is 1.03 bits per heavy atom. The molecule has 0 radical (unpaired) electrons. The molecule has 0 aliphatic heterocycles. The zero-order valence-corrected chi connectivity index (χ0v) is 22.9. The van der Waals surface area contributed by atoms with Gasteiger partial charge in [-0.3, -0.25) is 9.59 Å². The number of Topliss-reactive ketones (excluding diaryl/α,β-unsaturated/α-hetero) is 1. The number of allylic oxidation sites excluding steroid dienone is 1. The smallest absolute Gasteiger partial charge is 0.310 e. The van der Waals surface area contributed by atoms with Gasteiger partial charge in [0.25, 0.3) is 0 Å². The van der Waals surface area contributed by atoms with Gasteiger partial charge in [-0.1, -0.05) is 46.3 Å². The van der Waals surface area contributed by atoms with Crippen LogP contribution >= 0.6 is 0 Å². The van der Waals surface area contributed by atoms with E-state index in [4.69, 9.17) is 0 Å². The summed E-state index contributed by atoms with van der Waals surface area (Å²) in [6.45, 7) is 12.2. The highest BCUT2D eigenvalue weighted by Crippen LogP contribution is 2.75. The molecule has 11 unspecified atom stereocenters. The Bertz CT molecular complexity index is 1020. The Kier molecular flexibility index (Phi) is 5.61. The molecule has 6 nitrogen and oxygen atoms in total. The quantitative estimate of drug-likeness (QED) is 0.417. The minimum absolute atomic E-state index is 0.0104. The highest BCUT2D eigenvalue weighted by molar-refractivity contribution is 5.85. The number of hydrogen-bond donors (Lipinski definition) is 4. The van der Waals surface area contributed by atoms with Crippen molar-refractivity contribution in [3.05, 3.63) is 11.6 Å². The lowest BCUT2D eigenvalue weighted by atomic mass is 9.33. The summed E-state index contributed by atoms with van der Waals surface area (Å²) in [5.74, 6) is -1.41. The van der Waals surface area contributed by atoms with Crippen LogP contribution in [0, 0.1) is 50.7 Å². The first-order valence-electron chi connectivity index (χ1n) is 14.0. The Labute approximate surface area is 215 Å². The summed E-state index contributed by atoms with van der Waals surface area (Å²) in [5, 5.41) is 43.7. The normalized spacial score (nSPS) is 56.5. The summed E-state index contributed by atoms with van der Waals surface area (Å²) in [4.78, 5) is 26.9. The number of carbonyl (C=O) groups excluding carboxylic acids is 1. The Morgan fingerprint density at radius 3 is 2.31 bits per heavy atom. The minimum Gasteiger partial charge on any atom is -0.481 e. The predicted molar refractivity (Wildman–Crippen MR) is 136 cm³/mol. The highest BCUT2D eigenvalue weighted by atomic mass is 16.4. The predicted octanol–water partition coefficient (Wildman–Crippen LogP) is 4.36. The minimum atomic E-state index is -1.14. The molecule has 202 valence electrons. The Hall–Kier alpha value is -1.24. The molecule has 4 fully saturated rings. The molecule has 5 aliphatic carbocycles. The van der Waals surface area contributed by atoms with Gasteiger partial charge >= 0.3 is 5.97 Å². The van der Waals surface area contributed by atoms with E-state index in [1.54, 1.807) is 0 Å². The van der Waals surface area contributed by atoms with Gasteiger partial charge in [-0.15, -0.1) is 0 Å². The van der Waals surface area contributed by atoms with Crippen LogP contribution in [-0.4, -0.2) is 50.5 Å². The van der Waals surface area contributed by atoms with E-state index in [1.165, 1.54) is 0 Å². The lowest BCUT2D eigenvalue weighted by Gasteiger charge is -2.71. The van der Waals surface area contributed by atoms with Crippen molar-refractivity contribution >= 4 is 11.8 Å². The molecule has 0 bridgehead atoms. The van der Waals surface area contributed by atoms with Crippen molar-refractivity contribution < 1.29 is 30.0 Å². The van der Waals surface area contributed by atoms with Crippen molar-refractivity contribution in [2.24, 2.45) is 50.7 Å². The van der Waals surface area contributed by atoms with Crippen molar-refractivity contribution in [3.63, 3.8) is 0 Å². The topological polar surface area (TPSA) is 115 Å². The molecule has 36 heavy (non-hydrogen) atoms. The zero-order chi connectivity index (χ0) is 26.7. The number of fused-ring (bicyclic) bond motifs is 7. The molecule has 0 aromatic heterocycles. The first kappa shape index (κ1) is 26.4. The number of aliphatic hydroxyl groups excluding tert-OH is 2. The van der Waals surface area contributed by atoms with Gasteiger partial charge < -0.3 is 20.4 Å². The fraction of sp³-hybridized carbons (Fsp3) is 0.867. The summed E-state index contributed by atoms with van der Waals surface area (Å²) < 4.78 is 0. The Balaban J connectivity index is 1.67. The summed E-state index contributed by atoms with van der Waals surface area (Å²) in [6, 6.07) is 0. The van der Waals surface area contributed by atoms with Gasteiger partial charge in [0.15, 0.2) is 0 Å². The van der Waals surface area contributed by atoms with Crippen LogP contribution in [0.25, 0.3) is 0 Å².